The third kappa shape index (κ3) is 3.28. The molecule has 1 aliphatic carbocycles. The van der Waals surface area contributed by atoms with Crippen molar-refractivity contribution in [2.24, 2.45) is 0 Å². The molecule has 6 heteroatoms. The van der Waals surface area contributed by atoms with Gasteiger partial charge in [-0.2, -0.15) is 5.10 Å². The van der Waals surface area contributed by atoms with Gasteiger partial charge in [-0.1, -0.05) is 47.5 Å². The molecule has 25 heavy (non-hydrogen) atoms. The van der Waals surface area contributed by atoms with Gasteiger partial charge in [-0.25, -0.2) is 4.68 Å². The van der Waals surface area contributed by atoms with Gasteiger partial charge in [0.2, 0.25) is 0 Å². The largest absolute Gasteiger partial charge is 0.319 e. The number of carbonyl (C=O) groups is 1. The normalized spacial score (nSPS) is 13.7. The molecule has 0 radical (unpaired) electrons. The van der Waals surface area contributed by atoms with Crippen LogP contribution in [-0.4, -0.2) is 15.7 Å². The predicted molar refractivity (Wildman–Crippen MR) is 100.0 cm³/mol. The van der Waals surface area contributed by atoms with Crippen LogP contribution in [0.2, 0.25) is 10.0 Å². The van der Waals surface area contributed by atoms with Crippen molar-refractivity contribution in [3.63, 3.8) is 0 Å². The number of anilines is 1. The highest BCUT2D eigenvalue weighted by atomic mass is 35.5. The van der Waals surface area contributed by atoms with Crippen molar-refractivity contribution in [2.75, 3.05) is 5.32 Å². The molecule has 0 aliphatic heterocycles. The molecule has 1 fully saturated rings. The fourth-order valence-electron chi connectivity index (χ4n) is 2.69. The van der Waals surface area contributed by atoms with Gasteiger partial charge in [-0.3, -0.25) is 4.79 Å². The Kier molecular flexibility index (Phi) is 4.24. The van der Waals surface area contributed by atoms with Crippen molar-refractivity contribution < 1.29 is 4.79 Å². The highest BCUT2D eigenvalue weighted by molar-refractivity contribution is 6.44. The molecule has 0 spiro atoms. The van der Waals surface area contributed by atoms with E-state index in [0.717, 1.165) is 24.2 Å². The van der Waals surface area contributed by atoms with E-state index in [-0.39, 0.29) is 5.91 Å². The lowest BCUT2D eigenvalue weighted by molar-refractivity contribution is 0.101. The Morgan fingerprint density at radius 2 is 1.84 bits per heavy atom. The summed E-state index contributed by atoms with van der Waals surface area (Å²) < 4.78 is 1.68. The highest BCUT2D eigenvalue weighted by Crippen LogP contribution is 2.40. The molecule has 126 valence electrons. The van der Waals surface area contributed by atoms with E-state index < -0.39 is 0 Å². The molecule has 1 aliphatic rings. The monoisotopic (exact) mass is 371 g/mol. The topological polar surface area (TPSA) is 46.9 Å². The summed E-state index contributed by atoms with van der Waals surface area (Å²) in [6, 6.07) is 16.6. The summed E-state index contributed by atoms with van der Waals surface area (Å²) in [6.45, 7) is 0. The van der Waals surface area contributed by atoms with Crippen molar-refractivity contribution in [2.45, 2.75) is 18.8 Å². The maximum atomic E-state index is 12.9. The Morgan fingerprint density at radius 1 is 1.08 bits per heavy atom. The number of nitrogens with zero attached hydrogens (tertiary/aromatic N) is 2. The lowest BCUT2D eigenvalue weighted by Crippen LogP contribution is -2.17. The van der Waals surface area contributed by atoms with Crippen LogP contribution in [0.4, 0.5) is 5.69 Å². The average Bonchev–Trinajstić information content (AvgIpc) is 3.38. The number of halogens is 2. The molecule has 0 bridgehead atoms. The summed E-state index contributed by atoms with van der Waals surface area (Å²) >= 11 is 12.2. The second-order valence-electron chi connectivity index (χ2n) is 6.03. The lowest BCUT2D eigenvalue weighted by Gasteiger charge is -2.10. The van der Waals surface area contributed by atoms with Crippen LogP contribution in [0.15, 0.2) is 54.6 Å². The van der Waals surface area contributed by atoms with Gasteiger partial charge in [-0.15, -0.1) is 0 Å². The molecule has 1 amide bonds. The van der Waals surface area contributed by atoms with Crippen molar-refractivity contribution in [3.8, 4) is 5.69 Å². The summed E-state index contributed by atoms with van der Waals surface area (Å²) in [5, 5.41) is 8.20. The fourth-order valence-corrected chi connectivity index (χ4v) is 3.04. The molecule has 0 unspecified atom stereocenters. The Hall–Kier alpha value is -2.30. The van der Waals surface area contributed by atoms with Crippen molar-refractivity contribution in [1.82, 2.24) is 9.78 Å². The first kappa shape index (κ1) is 16.2. The van der Waals surface area contributed by atoms with Gasteiger partial charge in [0.15, 0.2) is 0 Å². The molecular weight excluding hydrogens is 357 g/mol. The van der Waals surface area contributed by atoms with Crippen LogP contribution in [0.1, 0.15) is 34.9 Å². The van der Waals surface area contributed by atoms with Crippen LogP contribution >= 0.6 is 23.2 Å². The Morgan fingerprint density at radius 3 is 2.56 bits per heavy atom. The minimum absolute atomic E-state index is 0.271. The van der Waals surface area contributed by atoms with E-state index in [4.69, 9.17) is 23.2 Å². The molecule has 1 heterocycles. The van der Waals surface area contributed by atoms with Crippen LogP contribution in [-0.2, 0) is 0 Å². The summed E-state index contributed by atoms with van der Waals surface area (Å²) in [5.74, 6) is 0.179. The zero-order valence-corrected chi connectivity index (χ0v) is 14.8. The van der Waals surface area contributed by atoms with Gasteiger partial charge in [0.1, 0.15) is 5.69 Å². The first-order chi connectivity index (χ1) is 12.1. The van der Waals surface area contributed by atoms with Gasteiger partial charge < -0.3 is 5.32 Å². The van der Waals surface area contributed by atoms with Crippen LogP contribution < -0.4 is 5.32 Å². The Balaban J connectivity index is 1.71. The smallest absolute Gasteiger partial charge is 0.274 e. The first-order valence-electron chi connectivity index (χ1n) is 8.04. The fraction of sp³-hybridized carbons (Fsp3) is 0.158. The number of hydrogen-bond acceptors (Lipinski definition) is 2. The first-order valence-corrected chi connectivity index (χ1v) is 8.80. The Bertz CT molecular complexity index is 933. The summed E-state index contributed by atoms with van der Waals surface area (Å²) in [4.78, 5) is 12.9. The molecule has 1 saturated carbocycles. The number of carbonyl (C=O) groups excluding carboxylic acids is 1. The van der Waals surface area contributed by atoms with Crippen LogP contribution in [0, 0.1) is 0 Å². The molecule has 4 nitrogen and oxygen atoms in total. The third-order valence-corrected chi connectivity index (χ3v) is 4.98. The number of nitrogens with one attached hydrogen (secondary N) is 1. The Labute approximate surface area is 155 Å². The van der Waals surface area contributed by atoms with Crippen molar-refractivity contribution >= 4 is 34.8 Å². The van der Waals surface area contributed by atoms with Gasteiger partial charge >= 0.3 is 0 Å². The van der Waals surface area contributed by atoms with Gasteiger partial charge in [0.05, 0.1) is 27.1 Å². The number of hydrogen-bond donors (Lipinski definition) is 1. The maximum Gasteiger partial charge on any atom is 0.274 e. The lowest BCUT2D eigenvalue weighted by atomic mass is 10.2. The third-order valence-electron chi connectivity index (χ3n) is 4.16. The van der Waals surface area contributed by atoms with Gasteiger partial charge in [-0.05, 0) is 43.2 Å². The van der Waals surface area contributed by atoms with Crippen LogP contribution in [0.3, 0.4) is 0 Å². The molecule has 0 saturated heterocycles. The van der Waals surface area contributed by atoms with Crippen molar-refractivity contribution in [3.05, 3.63) is 76.0 Å². The maximum absolute atomic E-state index is 12.9. The van der Waals surface area contributed by atoms with Gasteiger partial charge in [0, 0.05) is 5.92 Å². The van der Waals surface area contributed by atoms with Crippen molar-refractivity contribution in [1.29, 1.82) is 0 Å². The molecule has 3 aromatic rings. The summed E-state index contributed by atoms with van der Waals surface area (Å²) in [7, 11) is 0. The standard InChI is InChI=1S/C19H15Cl2N3O/c20-14-7-4-8-15(18(14)21)22-19(25)17-11-16(12-9-10-12)23-24(17)13-5-2-1-3-6-13/h1-8,11-12H,9-10H2,(H,22,25). The zero-order chi connectivity index (χ0) is 17.4. The van der Waals surface area contributed by atoms with Gasteiger partial charge in [0.25, 0.3) is 5.91 Å². The van der Waals surface area contributed by atoms with Crippen LogP contribution in [0.5, 0.6) is 0 Å². The minimum Gasteiger partial charge on any atom is -0.319 e. The summed E-state index contributed by atoms with van der Waals surface area (Å²) in [5.41, 5.74) is 2.75. The highest BCUT2D eigenvalue weighted by Gasteiger charge is 2.29. The average molecular weight is 372 g/mol. The van der Waals surface area contributed by atoms with E-state index in [2.05, 4.69) is 10.4 Å². The molecular formula is C19H15Cl2N3O. The number of para-hydroxylation sites is 1. The number of aromatic nitrogens is 2. The molecule has 1 N–H and O–H groups in total. The number of rotatable bonds is 4. The second kappa shape index (κ2) is 6.54. The predicted octanol–water partition coefficient (Wildman–Crippen LogP) is 5.31. The quantitative estimate of drug-likeness (QED) is 0.675. The van der Waals surface area contributed by atoms with E-state index in [1.54, 1.807) is 22.9 Å². The zero-order valence-electron chi connectivity index (χ0n) is 13.2. The van der Waals surface area contributed by atoms with E-state index in [0.29, 0.717) is 27.3 Å². The molecule has 2 aromatic carbocycles. The minimum atomic E-state index is -0.271. The molecule has 1 aromatic heterocycles. The molecule has 0 atom stereocenters. The van der Waals surface area contributed by atoms with E-state index >= 15 is 0 Å². The van der Waals surface area contributed by atoms with Crippen LogP contribution in [0.25, 0.3) is 5.69 Å². The SMILES string of the molecule is O=C(Nc1cccc(Cl)c1Cl)c1cc(C2CC2)nn1-c1ccccc1. The second-order valence-corrected chi connectivity index (χ2v) is 6.82. The number of amides is 1. The summed E-state index contributed by atoms with van der Waals surface area (Å²) in [6.07, 6.45) is 2.24. The van der Waals surface area contributed by atoms with E-state index in [9.17, 15) is 4.79 Å². The number of benzene rings is 2. The van der Waals surface area contributed by atoms with E-state index in [1.807, 2.05) is 36.4 Å². The van der Waals surface area contributed by atoms with E-state index in [1.165, 1.54) is 0 Å². The molecule has 4 rings (SSSR count).